The molecule has 0 amide bonds. The van der Waals surface area contributed by atoms with Crippen LogP contribution in [-0.2, 0) is 37.9 Å². The van der Waals surface area contributed by atoms with Gasteiger partial charge in [0.15, 0.2) is 0 Å². The normalized spacial score (nSPS) is 18.6. The molecule has 3 heterocycles. The second-order valence-corrected chi connectivity index (χ2v) is 6.40. The molecule has 0 atom stereocenters. The summed E-state index contributed by atoms with van der Waals surface area (Å²) in [5.74, 6) is 2.90. The summed E-state index contributed by atoms with van der Waals surface area (Å²) >= 11 is 0. The predicted octanol–water partition coefficient (Wildman–Crippen LogP) is 1.89. The number of aryl methyl sites for hydroxylation is 1. The lowest BCUT2D eigenvalue weighted by molar-refractivity contribution is 0.105. The van der Waals surface area contributed by atoms with E-state index in [2.05, 4.69) is 19.6 Å². The molecule has 0 saturated heterocycles. The van der Waals surface area contributed by atoms with Gasteiger partial charge in [0.1, 0.15) is 17.3 Å². The number of imidazole rings is 1. The monoisotopic (exact) mass is 302 g/mol. The number of hydrogen-bond acceptors (Lipinski definition) is 5. The van der Waals surface area contributed by atoms with Crippen molar-refractivity contribution in [3.8, 4) is 0 Å². The minimum atomic E-state index is 0.575. The number of ether oxygens (including phenoxy) is 1. The van der Waals surface area contributed by atoms with E-state index < -0.39 is 0 Å². The van der Waals surface area contributed by atoms with Crippen LogP contribution in [-0.4, -0.2) is 32.8 Å². The Balaban J connectivity index is 1.40. The van der Waals surface area contributed by atoms with Gasteiger partial charge >= 0.3 is 0 Å². The van der Waals surface area contributed by atoms with Crippen LogP contribution in [0.2, 0.25) is 0 Å². The third kappa shape index (κ3) is 2.94. The SMILES string of the molecule is Cn1ccnc1CN1CCc2onc(COCC3CC3)c2C1. The maximum atomic E-state index is 5.77. The molecular weight excluding hydrogens is 280 g/mol. The Morgan fingerprint density at radius 1 is 1.41 bits per heavy atom. The Kier molecular flexibility index (Phi) is 3.72. The van der Waals surface area contributed by atoms with Gasteiger partial charge in [0.2, 0.25) is 0 Å². The van der Waals surface area contributed by atoms with Gasteiger partial charge in [-0.25, -0.2) is 4.98 Å². The van der Waals surface area contributed by atoms with Crippen molar-refractivity contribution in [3.05, 3.63) is 35.2 Å². The summed E-state index contributed by atoms with van der Waals surface area (Å²) in [6.07, 6.45) is 7.38. The van der Waals surface area contributed by atoms with Crippen molar-refractivity contribution in [2.24, 2.45) is 13.0 Å². The van der Waals surface area contributed by atoms with Gasteiger partial charge < -0.3 is 13.8 Å². The maximum Gasteiger partial charge on any atom is 0.142 e. The number of aromatic nitrogens is 3. The summed E-state index contributed by atoms with van der Waals surface area (Å²) in [5.41, 5.74) is 2.19. The second-order valence-electron chi connectivity index (χ2n) is 6.40. The second kappa shape index (κ2) is 5.85. The van der Waals surface area contributed by atoms with E-state index in [9.17, 15) is 0 Å². The van der Waals surface area contributed by atoms with Crippen molar-refractivity contribution < 1.29 is 9.26 Å². The van der Waals surface area contributed by atoms with Crippen LogP contribution in [0, 0.1) is 5.92 Å². The highest BCUT2D eigenvalue weighted by Gasteiger charge is 2.26. The highest BCUT2D eigenvalue weighted by molar-refractivity contribution is 5.25. The number of rotatable bonds is 6. The first-order valence-corrected chi connectivity index (χ1v) is 8.02. The molecule has 118 valence electrons. The first-order valence-electron chi connectivity index (χ1n) is 8.02. The molecule has 22 heavy (non-hydrogen) atoms. The molecule has 0 aromatic carbocycles. The summed E-state index contributed by atoms with van der Waals surface area (Å²) in [6.45, 7) is 4.14. The molecule has 2 aromatic rings. The first-order chi connectivity index (χ1) is 10.8. The number of fused-ring (bicyclic) bond motifs is 1. The van der Waals surface area contributed by atoms with E-state index in [0.29, 0.717) is 6.61 Å². The van der Waals surface area contributed by atoms with Crippen LogP contribution in [0.4, 0.5) is 0 Å². The molecule has 1 aliphatic carbocycles. The van der Waals surface area contributed by atoms with E-state index in [1.54, 1.807) is 0 Å². The van der Waals surface area contributed by atoms with Crippen molar-refractivity contribution in [2.75, 3.05) is 13.2 Å². The Hall–Kier alpha value is -1.66. The van der Waals surface area contributed by atoms with E-state index in [1.165, 1.54) is 18.4 Å². The highest BCUT2D eigenvalue weighted by atomic mass is 16.5. The summed E-state index contributed by atoms with van der Waals surface area (Å²) < 4.78 is 13.3. The van der Waals surface area contributed by atoms with Crippen molar-refractivity contribution in [1.82, 2.24) is 19.6 Å². The summed E-state index contributed by atoms with van der Waals surface area (Å²) in [6, 6.07) is 0. The van der Waals surface area contributed by atoms with Gasteiger partial charge in [0.25, 0.3) is 0 Å². The Bertz CT molecular complexity index is 644. The van der Waals surface area contributed by atoms with E-state index in [0.717, 1.165) is 55.9 Å². The molecule has 0 bridgehead atoms. The third-order valence-electron chi connectivity index (χ3n) is 4.56. The van der Waals surface area contributed by atoms with E-state index >= 15 is 0 Å². The zero-order valence-corrected chi connectivity index (χ0v) is 13.0. The van der Waals surface area contributed by atoms with E-state index in [-0.39, 0.29) is 0 Å². The molecule has 6 nitrogen and oxygen atoms in total. The number of nitrogens with zero attached hydrogens (tertiary/aromatic N) is 4. The number of hydrogen-bond donors (Lipinski definition) is 0. The fraction of sp³-hybridized carbons (Fsp3) is 0.625. The van der Waals surface area contributed by atoms with Gasteiger partial charge in [-0.1, -0.05) is 5.16 Å². The third-order valence-corrected chi connectivity index (χ3v) is 4.56. The van der Waals surface area contributed by atoms with Crippen LogP contribution in [0.15, 0.2) is 16.9 Å². The van der Waals surface area contributed by atoms with Crippen molar-refractivity contribution in [3.63, 3.8) is 0 Å². The van der Waals surface area contributed by atoms with Crippen molar-refractivity contribution in [2.45, 2.75) is 39.0 Å². The van der Waals surface area contributed by atoms with Crippen molar-refractivity contribution in [1.29, 1.82) is 0 Å². The molecule has 2 aromatic heterocycles. The topological polar surface area (TPSA) is 56.3 Å². The lowest BCUT2D eigenvalue weighted by Gasteiger charge is -2.25. The molecule has 0 spiro atoms. The standard InChI is InChI=1S/C16H22N4O2/c1-19-7-5-17-16(19)9-20-6-4-15-13(8-20)14(18-22-15)11-21-10-12-2-3-12/h5,7,12H,2-4,6,8-11H2,1H3. The molecule has 1 fully saturated rings. The molecule has 1 aliphatic heterocycles. The van der Waals surface area contributed by atoms with E-state index in [1.807, 2.05) is 19.4 Å². The van der Waals surface area contributed by atoms with Crippen LogP contribution < -0.4 is 0 Å². The summed E-state index contributed by atoms with van der Waals surface area (Å²) in [4.78, 5) is 6.80. The molecule has 0 N–H and O–H groups in total. The van der Waals surface area contributed by atoms with Crippen LogP contribution in [0.25, 0.3) is 0 Å². The van der Waals surface area contributed by atoms with Gasteiger partial charge in [-0.05, 0) is 18.8 Å². The Morgan fingerprint density at radius 2 is 2.32 bits per heavy atom. The lowest BCUT2D eigenvalue weighted by Crippen LogP contribution is -2.31. The molecule has 1 saturated carbocycles. The quantitative estimate of drug-likeness (QED) is 0.815. The van der Waals surface area contributed by atoms with Crippen LogP contribution in [0.1, 0.15) is 35.7 Å². The van der Waals surface area contributed by atoms with Gasteiger partial charge in [0.05, 0.1) is 13.2 Å². The summed E-state index contributed by atoms with van der Waals surface area (Å²) in [7, 11) is 2.04. The summed E-state index contributed by atoms with van der Waals surface area (Å²) in [5, 5.41) is 4.22. The zero-order valence-electron chi connectivity index (χ0n) is 13.0. The van der Waals surface area contributed by atoms with Gasteiger partial charge in [-0.2, -0.15) is 0 Å². The largest absolute Gasteiger partial charge is 0.375 e. The minimum absolute atomic E-state index is 0.575. The van der Waals surface area contributed by atoms with Crippen molar-refractivity contribution >= 4 is 0 Å². The molecule has 0 unspecified atom stereocenters. The average Bonchev–Trinajstić information content (AvgIpc) is 3.14. The van der Waals surface area contributed by atoms with Crippen LogP contribution in [0.3, 0.4) is 0 Å². The van der Waals surface area contributed by atoms with Gasteiger partial charge in [-0.15, -0.1) is 0 Å². The highest BCUT2D eigenvalue weighted by Crippen LogP contribution is 2.29. The molecule has 6 heteroatoms. The van der Waals surface area contributed by atoms with Gasteiger partial charge in [-0.3, -0.25) is 4.90 Å². The molecular formula is C16H22N4O2. The van der Waals surface area contributed by atoms with Crippen LogP contribution in [0.5, 0.6) is 0 Å². The molecule has 4 rings (SSSR count). The van der Waals surface area contributed by atoms with E-state index in [4.69, 9.17) is 9.26 Å². The fourth-order valence-corrected chi connectivity index (χ4v) is 2.92. The fourth-order valence-electron chi connectivity index (χ4n) is 2.92. The minimum Gasteiger partial charge on any atom is -0.375 e. The Morgan fingerprint density at radius 3 is 3.09 bits per heavy atom. The first kappa shape index (κ1) is 14.0. The zero-order chi connectivity index (χ0) is 14.9. The van der Waals surface area contributed by atoms with Gasteiger partial charge in [0, 0.05) is 51.1 Å². The maximum absolute atomic E-state index is 5.77. The Labute approximate surface area is 130 Å². The predicted molar refractivity (Wildman–Crippen MR) is 79.9 cm³/mol. The van der Waals surface area contributed by atoms with Crippen LogP contribution >= 0.6 is 0 Å². The lowest BCUT2D eigenvalue weighted by atomic mass is 10.1. The smallest absolute Gasteiger partial charge is 0.142 e. The molecule has 2 aliphatic rings. The average molecular weight is 302 g/mol. The molecule has 0 radical (unpaired) electrons.